The molecule has 0 saturated heterocycles. The molecule has 226 valence electrons. The molecule has 1 fully saturated rings. The van der Waals surface area contributed by atoms with E-state index in [2.05, 4.69) is 46.9 Å². The number of aliphatic hydroxyl groups excluding tert-OH is 1. The van der Waals surface area contributed by atoms with E-state index >= 15 is 0 Å². The van der Waals surface area contributed by atoms with Crippen molar-refractivity contribution in [3.05, 3.63) is 65.2 Å². The number of carbonyl (C=O) groups excluding carboxylic acids is 1. The highest BCUT2D eigenvalue weighted by Gasteiger charge is 2.49. The van der Waals surface area contributed by atoms with Crippen LogP contribution >= 0.6 is 0 Å². The number of rotatable bonds is 13. The van der Waals surface area contributed by atoms with Gasteiger partial charge in [-0.25, -0.2) is 4.79 Å². The molecule has 0 spiro atoms. The Labute approximate surface area is 249 Å². The zero-order valence-corrected chi connectivity index (χ0v) is 27.2. The highest BCUT2D eigenvalue weighted by molar-refractivity contribution is 6.74. The second-order valence-electron chi connectivity index (χ2n) is 13.9. The summed E-state index contributed by atoms with van der Waals surface area (Å²) >= 11 is 0. The molecular weight excluding hydrogens is 528 g/mol. The molecule has 2 aromatic rings. The van der Waals surface area contributed by atoms with Crippen molar-refractivity contribution in [2.24, 2.45) is 17.8 Å². The first-order chi connectivity index (χ1) is 19.5. The highest BCUT2D eigenvalue weighted by Crippen LogP contribution is 2.51. The van der Waals surface area contributed by atoms with Gasteiger partial charge in [0.1, 0.15) is 12.4 Å². The van der Waals surface area contributed by atoms with E-state index in [1.54, 1.807) is 0 Å². The van der Waals surface area contributed by atoms with Gasteiger partial charge in [-0.3, -0.25) is 0 Å². The van der Waals surface area contributed by atoms with Crippen LogP contribution in [0.2, 0.25) is 18.1 Å². The fourth-order valence-corrected chi connectivity index (χ4v) is 7.87. The number of aliphatic hydroxyl groups is 1. The maximum atomic E-state index is 12.5. The van der Waals surface area contributed by atoms with Crippen molar-refractivity contribution in [3.8, 4) is 5.75 Å². The van der Waals surface area contributed by atoms with Gasteiger partial charge in [-0.2, -0.15) is 0 Å². The van der Waals surface area contributed by atoms with Gasteiger partial charge >= 0.3 is 5.97 Å². The van der Waals surface area contributed by atoms with Crippen LogP contribution in [0.3, 0.4) is 0 Å². The topological polar surface area (TPSA) is 65.0 Å². The molecule has 2 aromatic carbocycles. The van der Waals surface area contributed by atoms with E-state index in [9.17, 15) is 9.90 Å². The first kappa shape index (κ1) is 31.8. The number of hydrogen-bond acceptors (Lipinski definition) is 5. The minimum absolute atomic E-state index is 0.0905. The molecular formula is C35H52O5Si. The number of ether oxygens (including phenoxy) is 2. The highest BCUT2D eigenvalue weighted by atomic mass is 28.4. The summed E-state index contributed by atoms with van der Waals surface area (Å²) in [5.74, 6) is 1.96. The predicted octanol–water partition coefficient (Wildman–Crippen LogP) is 7.88. The number of benzene rings is 2. The normalized spacial score (nSPS) is 23.0. The molecule has 2 aliphatic carbocycles. The van der Waals surface area contributed by atoms with Gasteiger partial charge < -0.3 is 19.0 Å². The van der Waals surface area contributed by atoms with Gasteiger partial charge in [-0.1, -0.05) is 83.0 Å². The van der Waals surface area contributed by atoms with Gasteiger partial charge in [0.15, 0.2) is 14.9 Å². The van der Waals surface area contributed by atoms with E-state index < -0.39 is 8.32 Å². The largest absolute Gasteiger partial charge is 0.482 e. The summed E-state index contributed by atoms with van der Waals surface area (Å²) < 4.78 is 18.6. The number of esters is 1. The lowest BCUT2D eigenvalue weighted by Gasteiger charge is -2.40. The minimum atomic E-state index is -1.94. The maximum absolute atomic E-state index is 12.5. The third-order valence-corrected chi connectivity index (χ3v) is 14.4. The lowest BCUT2D eigenvalue weighted by molar-refractivity contribution is -0.147. The average molecular weight is 581 g/mol. The van der Waals surface area contributed by atoms with E-state index in [0.717, 1.165) is 62.7 Å². The van der Waals surface area contributed by atoms with Crippen molar-refractivity contribution in [1.29, 1.82) is 0 Å². The Morgan fingerprint density at radius 2 is 1.80 bits per heavy atom. The van der Waals surface area contributed by atoms with Crippen LogP contribution in [0.4, 0.5) is 0 Å². The van der Waals surface area contributed by atoms with Crippen LogP contribution in [0, 0.1) is 17.8 Å². The van der Waals surface area contributed by atoms with Crippen LogP contribution in [-0.4, -0.2) is 38.2 Å². The van der Waals surface area contributed by atoms with Crippen LogP contribution in [0.15, 0.2) is 48.5 Å². The fourth-order valence-electron chi connectivity index (χ4n) is 6.49. The minimum Gasteiger partial charge on any atom is -0.482 e. The van der Waals surface area contributed by atoms with E-state index in [1.165, 1.54) is 11.1 Å². The smallest absolute Gasteiger partial charge is 0.344 e. The molecule has 5 atom stereocenters. The molecule has 6 heteroatoms. The van der Waals surface area contributed by atoms with Crippen molar-refractivity contribution >= 4 is 14.3 Å². The molecule has 0 bridgehead atoms. The lowest BCUT2D eigenvalue weighted by Crippen LogP contribution is -2.45. The Balaban J connectivity index is 1.45. The van der Waals surface area contributed by atoms with Crippen molar-refractivity contribution < 1.29 is 23.8 Å². The summed E-state index contributed by atoms with van der Waals surface area (Å²) in [7, 11) is -1.94. The number of fused-ring (bicyclic) bond motifs is 2. The number of carbonyl (C=O) groups is 1. The first-order valence-corrected chi connectivity index (χ1v) is 18.7. The molecule has 0 aliphatic heterocycles. The van der Waals surface area contributed by atoms with Gasteiger partial charge in [-0.15, -0.1) is 0 Å². The Kier molecular flexibility index (Phi) is 10.8. The summed E-state index contributed by atoms with van der Waals surface area (Å²) in [5.41, 5.74) is 3.53. The predicted molar refractivity (Wildman–Crippen MR) is 168 cm³/mol. The fraction of sp³-hybridized carbons (Fsp3) is 0.629. The van der Waals surface area contributed by atoms with Gasteiger partial charge in [0, 0.05) is 6.10 Å². The zero-order valence-electron chi connectivity index (χ0n) is 26.2. The maximum Gasteiger partial charge on any atom is 0.344 e. The summed E-state index contributed by atoms with van der Waals surface area (Å²) in [6, 6.07) is 16.0. The quantitative estimate of drug-likeness (QED) is 0.193. The third-order valence-electron chi connectivity index (χ3n) is 9.88. The van der Waals surface area contributed by atoms with Gasteiger partial charge in [0.25, 0.3) is 0 Å². The average Bonchev–Trinajstić information content (AvgIpc) is 3.26. The Morgan fingerprint density at radius 1 is 1.05 bits per heavy atom. The summed E-state index contributed by atoms with van der Waals surface area (Å²) in [4.78, 5) is 12.5. The molecule has 0 aromatic heterocycles. The van der Waals surface area contributed by atoms with Crippen molar-refractivity contribution in [2.45, 2.75) is 116 Å². The SMILES string of the molecule is CCCC[C@H](O)CC[C@@H]1[C@H]2Cc3cccc(OCC(=O)OCc4ccccc4)c3C[C@H]2C[C@H]1O[Si](C)(C)C(C)(C)C. The molecule has 0 heterocycles. The Bertz CT molecular complexity index is 1130. The van der Waals surface area contributed by atoms with Crippen LogP contribution in [0.5, 0.6) is 5.75 Å². The van der Waals surface area contributed by atoms with Crippen LogP contribution < -0.4 is 4.74 Å². The first-order valence-electron chi connectivity index (χ1n) is 15.8. The second kappa shape index (κ2) is 13.9. The molecule has 2 aliphatic rings. The van der Waals surface area contributed by atoms with E-state index in [-0.39, 0.29) is 36.4 Å². The van der Waals surface area contributed by atoms with Crippen LogP contribution in [0.1, 0.15) is 82.9 Å². The van der Waals surface area contributed by atoms with Crippen molar-refractivity contribution in [3.63, 3.8) is 0 Å². The van der Waals surface area contributed by atoms with Crippen molar-refractivity contribution in [1.82, 2.24) is 0 Å². The van der Waals surface area contributed by atoms with Gasteiger partial charge in [0.05, 0.1) is 6.10 Å². The zero-order chi connectivity index (χ0) is 29.6. The molecule has 0 amide bonds. The Morgan fingerprint density at radius 3 is 2.51 bits per heavy atom. The summed E-state index contributed by atoms with van der Waals surface area (Å²) in [6.45, 7) is 14.0. The molecule has 41 heavy (non-hydrogen) atoms. The molecule has 1 saturated carbocycles. The molecule has 0 radical (unpaired) electrons. The molecule has 5 nitrogen and oxygen atoms in total. The van der Waals surface area contributed by atoms with Gasteiger partial charge in [0.2, 0.25) is 0 Å². The summed E-state index contributed by atoms with van der Waals surface area (Å²) in [5, 5.41) is 10.9. The third kappa shape index (κ3) is 8.24. The van der Waals surface area contributed by atoms with Crippen molar-refractivity contribution in [2.75, 3.05) is 6.61 Å². The van der Waals surface area contributed by atoms with Crippen LogP contribution in [0.25, 0.3) is 0 Å². The number of unbranched alkanes of at least 4 members (excludes halogenated alkanes) is 1. The van der Waals surface area contributed by atoms with E-state index in [1.807, 2.05) is 42.5 Å². The van der Waals surface area contributed by atoms with Gasteiger partial charge in [-0.05, 0) is 97.2 Å². The molecule has 4 rings (SSSR count). The van der Waals surface area contributed by atoms with E-state index in [0.29, 0.717) is 17.8 Å². The number of hydrogen-bond donors (Lipinski definition) is 1. The molecule has 0 unspecified atom stereocenters. The molecule has 1 N–H and O–H groups in total. The second-order valence-corrected chi connectivity index (χ2v) is 18.6. The lowest BCUT2D eigenvalue weighted by atomic mass is 9.73. The summed E-state index contributed by atoms with van der Waals surface area (Å²) in [6.07, 6.45) is 7.98. The van der Waals surface area contributed by atoms with Crippen LogP contribution in [-0.2, 0) is 33.4 Å². The monoisotopic (exact) mass is 580 g/mol. The Hall–Kier alpha value is -2.15. The standard InChI is InChI=1S/C35H52O5Si/c1-7-8-16-28(36)18-19-29-30-20-26-15-12-17-32(38-24-34(37)39-23-25-13-10-9-11-14-25)31(26)21-27(30)22-33(29)40-41(5,6)35(2,3)4/h9-15,17,27-30,33,36H,7-8,16,18-24H2,1-6H3/t27-,28-,29+,30-,33+/m0/s1. The van der Waals surface area contributed by atoms with E-state index in [4.69, 9.17) is 13.9 Å².